The zero-order valence-corrected chi connectivity index (χ0v) is 18.8. The summed E-state index contributed by atoms with van der Waals surface area (Å²) in [5.74, 6) is 0.510. The van der Waals surface area contributed by atoms with Gasteiger partial charge in [-0.25, -0.2) is 0 Å². The Morgan fingerprint density at radius 3 is 2.25 bits per heavy atom. The Morgan fingerprint density at radius 1 is 0.875 bits per heavy atom. The van der Waals surface area contributed by atoms with Crippen LogP contribution in [-0.2, 0) is 10.1 Å². The molecule has 2 rings (SSSR count). The molecule has 0 N–H and O–H groups in total. The fourth-order valence-corrected chi connectivity index (χ4v) is 3.74. The van der Waals surface area contributed by atoms with Gasteiger partial charge in [0, 0.05) is 5.39 Å². The van der Waals surface area contributed by atoms with Crippen LogP contribution in [0.25, 0.3) is 10.8 Å². The molecule has 2 aromatic rings. The van der Waals surface area contributed by atoms with E-state index in [4.69, 9.17) is 4.18 Å². The molecule has 0 saturated heterocycles. The molecule has 0 saturated carbocycles. The van der Waals surface area contributed by atoms with Gasteiger partial charge in [0.05, 0.1) is 5.75 Å². The Morgan fingerprint density at radius 2 is 1.50 bits per heavy atom. The van der Waals surface area contributed by atoms with Crippen LogP contribution in [-0.4, -0.2) is 14.2 Å². The van der Waals surface area contributed by atoms with E-state index in [1.54, 1.807) is 6.07 Å². The number of fused-ring (bicyclic) bond motifs is 1. The van der Waals surface area contributed by atoms with Gasteiger partial charge in [0.2, 0.25) is 0 Å². The summed E-state index contributed by atoms with van der Waals surface area (Å²) >= 11 is 0. The van der Waals surface area contributed by atoms with Crippen LogP contribution in [0.2, 0.25) is 0 Å². The maximum absolute atomic E-state index is 12.2. The molecule has 0 aromatic heterocycles. The van der Waals surface area contributed by atoms with Gasteiger partial charge in [-0.15, -0.1) is 0 Å². The molecular weight excluding hydrogens is 347 g/mol. The third-order valence-electron chi connectivity index (χ3n) is 3.96. The Hall–Kier alpha value is 0.0864. The monoisotopic (exact) mass is 374 g/mol. The topological polar surface area (TPSA) is 43.4 Å². The summed E-state index contributed by atoms with van der Waals surface area (Å²) in [6.07, 6.45) is 7.65. The number of hydrogen-bond acceptors (Lipinski definition) is 3. The van der Waals surface area contributed by atoms with Crippen LogP contribution in [0.15, 0.2) is 42.5 Å². The molecule has 0 radical (unpaired) electrons. The third kappa shape index (κ3) is 7.54. The Kier molecular flexibility index (Phi) is 10.7. The second-order valence-corrected chi connectivity index (χ2v) is 7.63. The van der Waals surface area contributed by atoms with Gasteiger partial charge in [0.1, 0.15) is 5.75 Å². The molecule has 0 unspecified atom stereocenters. The van der Waals surface area contributed by atoms with E-state index in [1.807, 2.05) is 36.4 Å². The number of unbranched alkanes of at least 4 members (excludes halogenated alkanes) is 6. The van der Waals surface area contributed by atoms with Gasteiger partial charge in [-0.2, -0.15) is 8.42 Å². The van der Waals surface area contributed by atoms with Gasteiger partial charge in [-0.05, 0) is 17.9 Å². The molecule has 0 amide bonds. The molecule has 0 bridgehead atoms. The third-order valence-corrected chi connectivity index (χ3v) is 5.19. The smallest absolute Gasteiger partial charge is 1.00 e. The van der Waals surface area contributed by atoms with Crippen molar-refractivity contribution in [3.63, 3.8) is 0 Å². The summed E-state index contributed by atoms with van der Waals surface area (Å²) in [6.45, 7) is 2.19. The fraction of sp³-hybridized carbons (Fsp3) is 0.474. The van der Waals surface area contributed by atoms with E-state index in [9.17, 15) is 8.42 Å². The largest absolute Gasteiger partial charge is 1.00 e. The van der Waals surface area contributed by atoms with Gasteiger partial charge in [0.25, 0.3) is 0 Å². The second kappa shape index (κ2) is 11.7. The predicted octanol–water partition coefficient (Wildman–Crippen LogP) is 2.42. The van der Waals surface area contributed by atoms with Gasteiger partial charge in [-0.1, -0.05) is 81.8 Å². The van der Waals surface area contributed by atoms with Crippen LogP contribution in [0.4, 0.5) is 0 Å². The normalized spacial score (nSPS) is 11.2. The van der Waals surface area contributed by atoms with Gasteiger partial charge < -0.3 is 5.61 Å². The van der Waals surface area contributed by atoms with E-state index in [0.717, 1.165) is 23.6 Å². The van der Waals surface area contributed by atoms with E-state index in [-0.39, 0.29) is 58.6 Å². The van der Waals surface area contributed by atoms with Crippen LogP contribution in [0.5, 0.6) is 5.75 Å². The Bertz CT molecular complexity index is 714. The number of rotatable bonds is 10. The zero-order chi connectivity index (χ0) is 16.5. The minimum Gasteiger partial charge on any atom is -1.00 e. The van der Waals surface area contributed by atoms with Crippen molar-refractivity contribution in [3.8, 4) is 5.75 Å². The number of benzene rings is 2. The fourth-order valence-electron chi connectivity index (χ4n) is 2.68. The average molecular weight is 375 g/mol. The minimum absolute atomic E-state index is 0. The maximum Gasteiger partial charge on any atom is 1.00 e. The van der Waals surface area contributed by atoms with E-state index in [1.165, 1.54) is 25.7 Å². The first-order valence-corrected chi connectivity index (χ1v) is 10.1. The molecule has 0 fully saturated rings. The summed E-state index contributed by atoms with van der Waals surface area (Å²) in [4.78, 5) is 0. The maximum atomic E-state index is 12.2. The van der Waals surface area contributed by atoms with Crippen molar-refractivity contribution in [2.45, 2.75) is 51.9 Å². The molecule has 0 heterocycles. The molecule has 3 nitrogen and oxygen atoms in total. The van der Waals surface area contributed by atoms with Gasteiger partial charge in [0.15, 0.2) is 0 Å². The van der Waals surface area contributed by atoms with Crippen molar-refractivity contribution in [3.05, 3.63) is 42.5 Å². The first-order chi connectivity index (χ1) is 11.1. The van der Waals surface area contributed by atoms with Crippen molar-refractivity contribution in [2.75, 3.05) is 5.75 Å². The molecule has 2 aromatic carbocycles. The van der Waals surface area contributed by atoms with Gasteiger partial charge in [-0.3, -0.25) is 0 Å². The van der Waals surface area contributed by atoms with Crippen molar-refractivity contribution < 1.29 is 65.4 Å². The van der Waals surface area contributed by atoms with Crippen LogP contribution < -0.4 is 55.6 Å². The molecule has 5 heteroatoms. The second-order valence-electron chi connectivity index (χ2n) is 5.94. The van der Waals surface area contributed by atoms with E-state index in [0.29, 0.717) is 12.2 Å². The molecule has 0 aliphatic heterocycles. The first-order valence-electron chi connectivity index (χ1n) is 8.52. The molecule has 0 spiro atoms. The molecule has 24 heavy (non-hydrogen) atoms. The van der Waals surface area contributed by atoms with Crippen molar-refractivity contribution >= 4 is 20.9 Å². The standard InChI is InChI=1S/C19H26O3S.K.H/c1-2-3-4-5-6-7-10-16-23(20,21)22-19-15-11-13-17-12-8-9-14-18(17)19;;/h8-9,11-15H,2-7,10,16H2,1H3;;/q;+1;-1. The van der Waals surface area contributed by atoms with Crippen LogP contribution in [0.1, 0.15) is 53.3 Å². The molecular formula is C19H27KO3S. The number of hydrogen-bond donors (Lipinski definition) is 0. The van der Waals surface area contributed by atoms with E-state index >= 15 is 0 Å². The van der Waals surface area contributed by atoms with E-state index in [2.05, 4.69) is 6.92 Å². The molecule has 0 aliphatic carbocycles. The molecule has 0 aliphatic rings. The van der Waals surface area contributed by atoms with Crippen LogP contribution >= 0.6 is 0 Å². The van der Waals surface area contributed by atoms with Crippen LogP contribution in [0, 0.1) is 0 Å². The van der Waals surface area contributed by atoms with Crippen molar-refractivity contribution in [1.29, 1.82) is 0 Å². The van der Waals surface area contributed by atoms with Crippen LogP contribution in [0.3, 0.4) is 0 Å². The molecule has 0 atom stereocenters. The van der Waals surface area contributed by atoms with Gasteiger partial charge >= 0.3 is 61.5 Å². The minimum atomic E-state index is -3.52. The Labute approximate surface area is 190 Å². The summed E-state index contributed by atoms with van der Waals surface area (Å²) in [7, 11) is -3.52. The SMILES string of the molecule is CCCCCCCCCS(=O)(=O)Oc1cccc2ccccc12.[H-].[K+]. The average Bonchev–Trinajstić information content (AvgIpc) is 2.54. The summed E-state index contributed by atoms with van der Waals surface area (Å²) in [5, 5.41) is 1.81. The van der Waals surface area contributed by atoms with Crippen molar-refractivity contribution in [2.24, 2.45) is 0 Å². The predicted molar refractivity (Wildman–Crippen MR) is 97.5 cm³/mol. The quantitative estimate of drug-likeness (QED) is 0.364. The summed E-state index contributed by atoms with van der Waals surface area (Å²) < 4.78 is 29.6. The van der Waals surface area contributed by atoms with Crippen molar-refractivity contribution in [1.82, 2.24) is 0 Å². The first kappa shape index (κ1) is 22.1. The molecule has 128 valence electrons. The summed E-state index contributed by atoms with van der Waals surface area (Å²) in [5.41, 5.74) is 0. The Balaban J connectivity index is 0.00000288. The van der Waals surface area contributed by atoms with E-state index < -0.39 is 10.1 Å². The summed E-state index contributed by atoms with van der Waals surface area (Å²) in [6, 6.07) is 13.1. The zero-order valence-electron chi connectivity index (χ0n) is 15.8.